The van der Waals surface area contributed by atoms with E-state index >= 15 is 0 Å². The van der Waals surface area contributed by atoms with E-state index in [0.717, 1.165) is 10.5 Å². The fourth-order valence-electron chi connectivity index (χ4n) is 2.50. The molecule has 2 aromatic carbocycles. The van der Waals surface area contributed by atoms with Crippen LogP contribution in [0.3, 0.4) is 0 Å². The first-order valence-corrected chi connectivity index (χ1v) is 9.18. The number of aromatic amines is 1. The van der Waals surface area contributed by atoms with Crippen molar-refractivity contribution in [3.8, 4) is 5.69 Å². The molecule has 7 heteroatoms. The van der Waals surface area contributed by atoms with Gasteiger partial charge in [0.05, 0.1) is 22.2 Å². The number of carboxylic acids is 1. The van der Waals surface area contributed by atoms with Crippen LogP contribution >= 0.6 is 23.4 Å². The Hall–Kier alpha value is -2.70. The summed E-state index contributed by atoms with van der Waals surface area (Å²) >= 11 is 7.48. The number of hydrogen-bond donors (Lipinski definition) is 1. The molecular weight excluding hydrogens is 372 g/mol. The maximum atomic E-state index is 12.7. The predicted octanol–water partition coefficient (Wildman–Crippen LogP) is 1.14. The molecule has 0 fully saturated rings. The number of rotatable bonds is 4. The van der Waals surface area contributed by atoms with E-state index in [1.54, 1.807) is 23.9 Å². The summed E-state index contributed by atoms with van der Waals surface area (Å²) in [5.74, 6) is -1.41. The molecule has 5 nitrogen and oxygen atoms in total. The zero-order valence-corrected chi connectivity index (χ0v) is 15.4. The number of benzene rings is 2. The van der Waals surface area contributed by atoms with Gasteiger partial charge in [0, 0.05) is 15.5 Å². The molecule has 0 aliphatic carbocycles. The van der Waals surface area contributed by atoms with Gasteiger partial charge < -0.3 is 9.90 Å². The number of nitrogens with zero attached hydrogens (tertiary/aromatic N) is 1. The van der Waals surface area contributed by atoms with E-state index in [4.69, 9.17) is 11.6 Å². The Kier molecular flexibility index (Phi) is 5.06. The third-order valence-electron chi connectivity index (χ3n) is 3.86. The molecule has 1 heterocycles. The van der Waals surface area contributed by atoms with E-state index < -0.39 is 5.97 Å². The lowest BCUT2D eigenvalue weighted by Crippen LogP contribution is -2.34. The number of hydrogen-bond acceptors (Lipinski definition) is 4. The summed E-state index contributed by atoms with van der Waals surface area (Å²) in [5, 5.41) is 14.9. The molecule has 0 aliphatic heterocycles. The molecule has 0 bridgehead atoms. The van der Waals surface area contributed by atoms with Gasteiger partial charge in [-0.25, -0.2) is 4.68 Å². The number of thioether (sulfide) groups is 1. The molecule has 3 aromatic rings. The monoisotopic (exact) mass is 385 g/mol. The molecule has 0 saturated carbocycles. The van der Waals surface area contributed by atoms with Crippen LogP contribution in [0, 0.1) is 0 Å². The van der Waals surface area contributed by atoms with Gasteiger partial charge in [-0.2, -0.15) is 0 Å². The van der Waals surface area contributed by atoms with Crippen molar-refractivity contribution in [3.05, 3.63) is 79.5 Å². The summed E-state index contributed by atoms with van der Waals surface area (Å²) in [6, 6.07) is 12.0. The van der Waals surface area contributed by atoms with Crippen LogP contribution in [-0.4, -0.2) is 22.0 Å². The summed E-state index contributed by atoms with van der Waals surface area (Å²) in [4.78, 5) is 25.0. The van der Waals surface area contributed by atoms with Gasteiger partial charge >= 0.3 is 0 Å². The minimum Gasteiger partial charge on any atom is -0.545 e. The maximum Gasteiger partial charge on any atom is 0.279 e. The van der Waals surface area contributed by atoms with Crippen molar-refractivity contribution in [3.63, 3.8) is 0 Å². The summed E-state index contributed by atoms with van der Waals surface area (Å²) in [6.07, 6.45) is 3.72. The molecule has 0 atom stereocenters. The van der Waals surface area contributed by atoms with Crippen LogP contribution in [0.4, 0.5) is 0 Å². The first-order chi connectivity index (χ1) is 12.4. The summed E-state index contributed by atoms with van der Waals surface area (Å²) in [7, 11) is 0. The lowest BCUT2D eigenvalue weighted by molar-refractivity contribution is -0.255. The molecule has 132 valence electrons. The lowest BCUT2D eigenvalue weighted by Gasteiger charge is -2.08. The molecular formula is C19H14ClN2O3S-. The number of nitrogens with one attached hydrogen (secondary N) is 1. The fourth-order valence-corrected chi connectivity index (χ4v) is 3.10. The number of aromatic carboxylic acids is 1. The predicted molar refractivity (Wildman–Crippen MR) is 102 cm³/mol. The molecule has 0 amide bonds. The van der Waals surface area contributed by atoms with Gasteiger partial charge in [-0.1, -0.05) is 30.3 Å². The van der Waals surface area contributed by atoms with Gasteiger partial charge in [-0.3, -0.25) is 9.89 Å². The quantitative estimate of drug-likeness (QED) is 0.683. The van der Waals surface area contributed by atoms with Gasteiger partial charge in [0.15, 0.2) is 0 Å². The van der Waals surface area contributed by atoms with Crippen LogP contribution in [-0.2, 0) is 0 Å². The highest BCUT2D eigenvalue weighted by atomic mass is 35.5. The normalized spacial score (nSPS) is 11.7. The number of H-pyrrole nitrogens is 1. The maximum absolute atomic E-state index is 12.7. The third-order valence-corrected chi connectivity index (χ3v) is 4.93. The smallest absolute Gasteiger partial charge is 0.279 e. The standard InChI is InChI=1S/C19H15ClN2O3S/c1-11-15(9-12-3-6-14(26-2)7-4-12)18(23)22(21-11)13-5-8-17(20)16(10-13)19(24)25/h3-10,21H,1H2,2H3,(H,24,25)/p-1. The minimum absolute atomic E-state index is 0.0453. The Bertz CT molecular complexity index is 1150. The molecule has 0 spiro atoms. The van der Waals surface area contributed by atoms with Gasteiger partial charge in [0.25, 0.3) is 5.56 Å². The van der Waals surface area contributed by atoms with E-state index in [-0.39, 0.29) is 16.1 Å². The van der Waals surface area contributed by atoms with Gasteiger partial charge in [0.2, 0.25) is 0 Å². The Morgan fingerprint density at radius 2 is 1.96 bits per heavy atom. The molecule has 1 N–H and O–H groups in total. The van der Waals surface area contributed by atoms with E-state index in [0.29, 0.717) is 16.3 Å². The molecule has 0 radical (unpaired) electrons. The molecule has 0 aliphatic rings. The first kappa shape index (κ1) is 18.1. The molecule has 0 saturated heterocycles. The van der Waals surface area contributed by atoms with Crippen LogP contribution < -0.4 is 21.2 Å². The highest BCUT2D eigenvalue weighted by Gasteiger charge is 2.08. The first-order valence-electron chi connectivity index (χ1n) is 7.57. The molecule has 3 rings (SSSR count). The average molecular weight is 386 g/mol. The third kappa shape index (κ3) is 3.47. The van der Waals surface area contributed by atoms with Gasteiger partial charge in [0.1, 0.15) is 0 Å². The van der Waals surface area contributed by atoms with Crippen molar-refractivity contribution >= 4 is 42.0 Å². The van der Waals surface area contributed by atoms with E-state index in [1.165, 1.54) is 16.8 Å². The average Bonchev–Trinajstić information content (AvgIpc) is 2.91. The Labute approximate surface area is 158 Å². The van der Waals surface area contributed by atoms with E-state index in [2.05, 4.69) is 11.7 Å². The number of aromatic nitrogens is 2. The van der Waals surface area contributed by atoms with Crippen LogP contribution in [0.1, 0.15) is 15.9 Å². The highest BCUT2D eigenvalue weighted by Crippen LogP contribution is 2.18. The second-order valence-electron chi connectivity index (χ2n) is 5.51. The topological polar surface area (TPSA) is 77.9 Å². The summed E-state index contributed by atoms with van der Waals surface area (Å²) < 4.78 is 1.23. The number of carbonyl (C=O) groups is 1. The van der Waals surface area contributed by atoms with Gasteiger partial charge in [-0.15, -0.1) is 11.8 Å². The zero-order chi connectivity index (χ0) is 18.8. The largest absolute Gasteiger partial charge is 0.545 e. The number of halogens is 1. The summed E-state index contributed by atoms with van der Waals surface area (Å²) in [5.41, 5.74) is 0.674. The summed E-state index contributed by atoms with van der Waals surface area (Å²) in [6.45, 7) is 3.87. The zero-order valence-electron chi connectivity index (χ0n) is 13.8. The Morgan fingerprint density at radius 1 is 1.27 bits per heavy atom. The van der Waals surface area contributed by atoms with Crippen molar-refractivity contribution in [1.29, 1.82) is 0 Å². The molecule has 0 unspecified atom stereocenters. The van der Waals surface area contributed by atoms with E-state index in [9.17, 15) is 14.7 Å². The SMILES string of the molecule is C=c1[nH]n(-c2ccc(Cl)c(C(=O)[O-])c2)c(=O)c1=Cc1ccc(SC)cc1. The van der Waals surface area contributed by atoms with Crippen molar-refractivity contribution in [2.24, 2.45) is 0 Å². The van der Waals surface area contributed by atoms with Crippen LogP contribution in [0.5, 0.6) is 0 Å². The minimum atomic E-state index is -1.41. The second kappa shape index (κ2) is 7.27. The number of carbonyl (C=O) groups excluding carboxylic acids is 1. The Balaban J connectivity index is 2.13. The van der Waals surface area contributed by atoms with E-state index in [1.807, 2.05) is 30.5 Å². The van der Waals surface area contributed by atoms with Crippen molar-refractivity contribution in [2.75, 3.05) is 6.26 Å². The fraction of sp³-hybridized carbons (Fsp3) is 0.0526. The van der Waals surface area contributed by atoms with Crippen LogP contribution in [0.2, 0.25) is 5.02 Å². The van der Waals surface area contributed by atoms with Crippen LogP contribution in [0.15, 0.2) is 52.2 Å². The molecule has 1 aromatic heterocycles. The molecule has 26 heavy (non-hydrogen) atoms. The van der Waals surface area contributed by atoms with Crippen molar-refractivity contribution in [1.82, 2.24) is 9.78 Å². The van der Waals surface area contributed by atoms with Crippen molar-refractivity contribution in [2.45, 2.75) is 4.90 Å². The lowest BCUT2D eigenvalue weighted by atomic mass is 10.2. The van der Waals surface area contributed by atoms with Gasteiger partial charge in [-0.05, 0) is 48.2 Å². The highest BCUT2D eigenvalue weighted by molar-refractivity contribution is 7.98. The Morgan fingerprint density at radius 3 is 2.58 bits per heavy atom. The number of carboxylic acid groups (broad SMARTS) is 1. The second-order valence-corrected chi connectivity index (χ2v) is 6.80. The van der Waals surface area contributed by atoms with Crippen LogP contribution in [0.25, 0.3) is 18.3 Å². The van der Waals surface area contributed by atoms with Crippen molar-refractivity contribution < 1.29 is 9.90 Å².